The van der Waals surface area contributed by atoms with E-state index in [9.17, 15) is 0 Å². The molecule has 0 spiro atoms. The van der Waals surface area contributed by atoms with Crippen LogP contribution < -0.4 is 0 Å². The van der Waals surface area contributed by atoms with Crippen molar-refractivity contribution in [2.24, 2.45) is 0 Å². The fourth-order valence-electron chi connectivity index (χ4n) is 1.36. The normalized spacial score (nSPS) is 39.7. The molecule has 0 amide bonds. The number of hydrogen-bond donors (Lipinski definition) is 2. The monoisotopic (exact) mass is 224 g/mol. The quantitative estimate of drug-likeness (QED) is 0.743. The Balaban J connectivity index is 2.65. The van der Waals surface area contributed by atoms with Crippen molar-refractivity contribution in [1.29, 1.82) is 0 Å². The van der Waals surface area contributed by atoms with Gasteiger partial charge in [-0.3, -0.25) is 0 Å². The summed E-state index contributed by atoms with van der Waals surface area (Å²) in [6.07, 6.45) is 0.881. The van der Waals surface area contributed by atoms with Crippen molar-refractivity contribution in [2.75, 3.05) is 20.3 Å². The molecule has 0 aromatic heterocycles. The van der Waals surface area contributed by atoms with Gasteiger partial charge in [0.25, 0.3) is 0 Å². The molecule has 1 rings (SSSR count). The molecule has 0 radical (unpaired) electrons. The van der Waals surface area contributed by atoms with E-state index in [4.69, 9.17) is 14.9 Å². The molecule has 0 bridgehead atoms. The number of rotatable bonds is 4. The summed E-state index contributed by atoms with van der Waals surface area (Å²) in [5.74, 6) is 0. The molecular formula is C8H16O3S2. The van der Waals surface area contributed by atoms with Crippen molar-refractivity contribution in [1.82, 2.24) is 0 Å². The maximum absolute atomic E-state index is 9.09. The predicted molar refractivity (Wildman–Crippen MR) is 57.0 cm³/mol. The molecule has 0 aromatic rings. The first kappa shape index (κ1) is 11.7. The Labute approximate surface area is 87.2 Å². The summed E-state index contributed by atoms with van der Waals surface area (Å²) in [5, 5.41) is 18.4. The number of ether oxygens (including phenoxy) is 1. The average molecular weight is 224 g/mol. The molecule has 1 saturated heterocycles. The summed E-state index contributed by atoms with van der Waals surface area (Å²) >= 11 is 3.24. The SMILES string of the molecule is CCC1(OC)SC(CO)C(CO)S1. The lowest BCUT2D eigenvalue weighted by Gasteiger charge is -2.24. The first-order valence-electron chi connectivity index (χ1n) is 4.33. The molecular weight excluding hydrogens is 208 g/mol. The molecule has 2 atom stereocenters. The van der Waals surface area contributed by atoms with E-state index < -0.39 is 0 Å². The summed E-state index contributed by atoms with van der Waals surface area (Å²) in [4.78, 5) is 0. The average Bonchev–Trinajstić information content (AvgIpc) is 2.57. The number of aliphatic hydroxyl groups is 2. The standard InChI is InChI=1S/C8H16O3S2/c1-3-8(11-2)12-6(4-9)7(5-10)13-8/h6-7,9-10H,3-5H2,1-2H3. The van der Waals surface area contributed by atoms with E-state index in [0.29, 0.717) is 0 Å². The predicted octanol–water partition coefficient (Wildman–Crippen LogP) is 0.898. The largest absolute Gasteiger partial charge is 0.395 e. The van der Waals surface area contributed by atoms with Gasteiger partial charge >= 0.3 is 0 Å². The molecule has 0 aromatic carbocycles. The number of methoxy groups -OCH3 is 1. The van der Waals surface area contributed by atoms with Gasteiger partial charge < -0.3 is 14.9 Å². The minimum absolute atomic E-state index is 0.0925. The van der Waals surface area contributed by atoms with E-state index in [1.165, 1.54) is 0 Å². The Morgan fingerprint density at radius 2 is 1.69 bits per heavy atom. The highest BCUT2D eigenvalue weighted by atomic mass is 32.2. The smallest absolute Gasteiger partial charge is 0.160 e. The van der Waals surface area contributed by atoms with E-state index in [1.54, 1.807) is 30.6 Å². The highest BCUT2D eigenvalue weighted by Gasteiger charge is 2.45. The number of hydrogen-bond acceptors (Lipinski definition) is 5. The van der Waals surface area contributed by atoms with Crippen molar-refractivity contribution in [3.05, 3.63) is 0 Å². The molecule has 1 aliphatic rings. The van der Waals surface area contributed by atoms with Gasteiger partial charge in [0.05, 0.1) is 13.2 Å². The Morgan fingerprint density at radius 3 is 1.92 bits per heavy atom. The van der Waals surface area contributed by atoms with E-state index in [1.807, 2.05) is 0 Å². The molecule has 13 heavy (non-hydrogen) atoms. The summed E-state index contributed by atoms with van der Waals surface area (Å²) in [6, 6.07) is 0. The van der Waals surface area contributed by atoms with Crippen molar-refractivity contribution in [2.45, 2.75) is 28.1 Å². The van der Waals surface area contributed by atoms with Crippen LogP contribution in [0.1, 0.15) is 13.3 Å². The van der Waals surface area contributed by atoms with Crippen molar-refractivity contribution < 1.29 is 14.9 Å². The highest BCUT2D eigenvalue weighted by molar-refractivity contribution is 8.21. The van der Waals surface area contributed by atoms with Crippen LogP contribution in [-0.4, -0.2) is 45.3 Å². The summed E-state index contributed by atoms with van der Waals surface area (Å²) in [7, 11) is 1.68. The van der Waals surface area contributed by atoms with Crippen molar-refractivity contribution in [3.63, 3.8) is 0 Å². The first-order valence-corrected chi connectivity index (χ1v) is 6.09. The third-order valence-electron chi connectivity index (χ3n) is 2.18. The molecule has 5 heteroatoms. The Hall–Kier alpha value is 0.580. The van der Waals surface area contributed by atoms with Gasteiger partial charge in [0.2, 0.25) is 0 Å². The molecule has 2 unspecified atom stereocenters. The van der Waals surface area contributed by atoms with Crippen molar-refractivity contribution >= 4 is 23.5 Å². The van der Waals surface area contributed by atoms with Gasteiger partial charge in [-0.1, -0.05) is 6.92 Å². The lowest BCUT2D eigenvalue weighted by atomic mass is 10.3. The van der Waals surface area contributed by atoms with Gasteiger partial charge in [-0.2, -0.15) is 0 Å². The van der Waals surface area contributed by atoms with Crippen LogP contribution in [-0.2, 0) is 4.74 Å². The molecule has 78 valence electrons. The lowest BCUT2D eigenvalue weighted by Crippen LogP contribution is -2.22. The maximum Gasteiger partial charge on any atom is 0.160 e. The molecule has 0 saturated carbocycles. The van der Waals surface area contributed by atoms with Crippen LogP contribution in [0.4, 0.5) is 0 Å². The maximum atomic E-state index is 9.09. The van der Waals surface area contributed by atoms with Crippen LogP contribution in [0.2, 0.25) is 0 Å². The third kappa shape index (κ3) is 2.33. The van der Waals surface area contributed by atoms with Crippen LogP contribution >= 0.6 is 23.5 Å². The van der Waals surface area contributed by atoms with E-state index in [0.717, 1.165) is 6.42 Å². The first-order chi connectivity index (χ1) is 6.21. The second-order valence-electron chi connectivity index (χ2n) is 2.92. The second kappa shape index (κ2) is 4.89. The van der Waals surface area contributed by atoms with Gasteiger partial charge in [-0.25, -0.2) is 0 Å². The van der Waals surface area contributed by atoms with Gasteiger partial charge in [0.15, 0.2) is 4.27 Å². The van der Waals surface area contributed by atoms with Crippen LogP contribution in [0, 0.1) is 0 Å². The minimum atomic E-state index is -0.263. The Morgan fingerprint density at radius 1 is 1.23 bits per heavy atom. The van der Waals surface area contributed by atoms with Crippen LogP contribution in [0.5, 0.6) is 0 Å². The van der Waals surface area contributed by atoms with Gasteiger partial charge in [0.1, 0.15) is 0 Å². The molecule has 1 aliphatic heterocycles. The molecule has 1 fully saturated rings. The van der Waals surface area contributed by atoms with Gasteiger partial charge in [0, 0.05) is 17.6 Å². The molecule has 2 N–H and O–H groups in total. The fraction of sp³-hybridized carbons (Fsp3) is 1.00. The highest BCUT2D eigenvalue weighted by Crippen LogP contribution is 2.54. The zero-order chi connectivity index (χ0) is 9.90. The summed E-state index contributed by atoms with van der Waals surface area (Å²) in [6.45, 7) is 2.26. The topological polar surface area (TPSA) is 49.7 Å². The molecule has 1 heterocycles. The van der Waals surface area contributed by atoms with Crippen LogP contribution in [0.3, 0.4) is 0 Å². The summed E-state index contributed by atoms with van der Waals surface area (Å²) in [5.41, 5.74) is 0. The van der Waals surface area contributed by atoms with Crippen LogP contribution in [0.15, 0.2) is 0 Å². The van der Waals surface area contributed by atoms with Crippen LogP contribution in [0.25, 0.3) is 0 Å². The summed E-state index contributed by atoms with van der Waals surface area (Å²) < 4.78 is 5.15. The van der Waals surface area contributed by atoms with Crippen molar-refractivity contribution in [3.8, 4) is 0 Å². The second-order valence-corrected chi connectivity index (χ2v) is 6.18. The fourth-order valence-corrected chi connectivity index (χ4v) is 4.73. The number of aliphatic hydroxyl groups excluding tert-OH is 2. The lowest BCUT2D eigenvalue weighted by molar-refractivity contribution is 0.144. The molecule has 3 nitrogen and oxygen atoms in total. The van der Waals surface area contributed by atoms with E-state index in [2.05, 4.69) is 6.92 Å². The van der Waals surface area contributed by atoms with Gasteiger partial charge in [-0.05, 0) is 6.42 Å². The Kier molecular flexibility index (Phi) is 4.38. The number of thioether (sulfide) groups is 2. The zero-order valence-electron chi connectivity index (χ0n) is 7.90. The van der Waals surface area contributed by atoms with Gasteiger partial charge in [-0.15, -0.1) is 23.5 Å². The van der Waals surface area contributed by atoms with E-state index >= 15 is 0 Å². The third-order valence-corrected chi connectivity index (χ3v) is 6.12. The minimum Gasteiger partial charge on any atom is -0.395 e. The molecule has 0 aliphatic carbocycles. The Bertz CT molecular complexity index is 147. The zero-order valence-corrected chi connectivity index (χ0v) is 9.53. The van der Waals surface area contributed by atoms with E-state index in [-0.39, 0.29) is 28.0 Å².